The summed E-state index contributed by atoms with van der Waals surface area (Å²) in [6.45, 7) is 1.99. The van der Waals surface area contributed by atoms with Gasteiger partial charge in [-0.2, -0.15) is 13.2 Å². The lowest BCUT2D eigenvalue weighted by Gasteiger charge is -2.11. The fourth-order valence-corrected chi connectivity index (χ4v) is 3.89. The molecular formula is C22H15BrClF3N2. The molecule has 0 radical (unpaired) electrons. The molecule has 4 aromatic rings. The van der Waals surface area contributed by atoms with Crippen molar-refractivity contribution in [1.29, 1.82) is 0 Å². The van der Waals surface area contributed by atoms with Crippen molar-refractivity contribution in [2.45, 2.75) is 19.5 Å². The average molecular weight is 480 g/mol. The van der Waals surface area contributed by atoms with Gasteiger partial charge in [-0.3, -0.25) is 0 Å². The molecule has 7 heteroatoms. The predicted molar refractivity (Wildman–Crippen MR) is 112 cm³/mol. The van der Waals surface area contributed by atoms with Gasteiger partial charge in [-0.05, 0) is 30.7 Å². The molecule has 0 atom stereocenters. The van der Waals surface area contributed by atoms with E-state index >= 15 is 0 Å². The van der Waals surface area contributed by atoms with Gasteiger partial charge in [0.1, 0.15) is 0 Å². The zero-order chi connectivity index (χ0) is 20.8. The van der Waals surface area contributed by atoms with Crippen molar-refractivity contribution >= 4 is 33.2 Å². The Morgan fingerprint density at radius 3 is 2.45 bits per heavy atom. The number of benzene rings is 2. The molecule has 0 unspecified atom stereocenters. The number of alkyl halides is 3. The lowest BCUT2D eigenvalue weighted by molar-refractivity contribution is -0.137. The molecular weight excluding hydrogens is 465 g/mol. The van der Waals surface area contributed by atoms with Gasteiger partial charge in [-0.1, -0.05) is 69.5 Å². The zero-order valence-corrected chi connectivity index (χ0v) is 17.6. The average Bonchev–Trinajstić information content (AvgIpc) is 3.02. The van der Waals surface area contributed by atoms with Crippen molar-refractivity contribution in [3.63, 3.8) is 0 Å². The van der Waals surface area contributed by atoms with Crippen LogP contribution in [0.4, 0.5) is 13.2 Å². The van der Waals surface area contributed by atoms with Crippen LogP contribution in [-0.2, 0) is 12.6 Å². The summed E-state index contributed by atoms with van der Waals surface area (Å²) in [6, 6.07) is 16.3. The zero-order valence-electron chi connectivity index (χ0n) is 15.3. The first-order chi connectivity index (χ1) is 13.7. The van der Waals surface area contributed by atoms with Gasteiger partial charge in [0.15, 0.2) is 5.65 Å². The lowest BCUT2D eigenvalue weighted by atomic mass is 10.0. The Labute approximate surface area is 179 Å². The second-order valence-corrected chi connectivity index (χ2v) is 8.17. The lowest BCUT2D eigenvalue weighted by Crippen LogP contribution is -2.08. The second-order valence-electron chi connectivity index (χ2n) is 6.85. The van der Waals surface area contributed by atoms with Gasteiger partial charge < -0.3 is 4.40 Å². The van der Waals surface area contributed by atoms with Crippen LogP contribution in [0.3, 0.4) is 0 Å². The minimum atomic E-state index is -4.50. The first-order valence-corrected chi connectivity index (χ1v) is 9.98. The quantitative estimate of drug-likeness (QED) is 0.300. The summed E-state index contributed by atoms with van der Waals surface area (Å²) in [5.41, 5.74) is 3.64. The molecule has 2 aromatic heterocycles. The molecule has 0 fully saturated rings. The van der Waals surface area contributed by atoms with Crippen LogP contribution in [-0.4, -0.2) is 9.38 Å². The van der Waals surface area contributed by atoms with Crippen LogP contribution in [0.5, 0.6) is 0 Å². The third-order valence-electron chi connectivity index (χ3n) is 4.69. The van der Waals surface area contributed by atoms with E-state index in [1.165, 1.54) is 4.40 Å². The van der Waals surface area contributed by atoms with E-state index in [9.17, 15) is 13.2 Å². The Bertz CT molecular complexity index is 1200. The van der Waals surface area contributed by atoms with Crippen LogP contribution in [0.2, 0.25) is 5.02 Å². The fraction of sp³-hybridized carbons (Fsp3) is 0.136. The van der Waals surface area contributed by atoms with E-state index in [1.807, 2.05) is 55.5 Å². The standard InChI is InChI=1S/C22H15BrClF3N2/c1-13-5-7-14(8-6-13)9-19-20(15-3-2-4-17(23)10-15)28-21-18(24)11-16(12-29(19)21)22(25,26)27/h2-8,10-12H,9H2,1H3. The SMILES string of the molecule is Cc1ccc(Cc2c(-c3cccc(Br)c3)nc3c(Cl)cc(C(F)(F)F)cn23)cc1. The maximum Gasteiger partial charge on any atom is 0.417 e. The Morgan fingerprint density at radius 2 is 1.79 bits per heavy atom. The highest BCUT2D eigenvalue weighted by Crippen LogP contribution is 2.36. The largest absolute Gasteiger partial charge is 0.417 e. The smallest absolute Gasteiger partial charge is 0.301 e. The van der Waals surface area contributed by atoms with Gasteiger partial charge in [0.05, 0.1) is 22.0 Å². The molecule has 2 aromatic carbocycles. The number of aromatic nitrogens is 2. The van der Waals surface area contributed by atoms with Crippen molar-refractivity contribution in [1.82, 2.24) is 9.38 Å². The summed E-state index contributed by atoms with van der Waals surface area (Å²) in [5, 5.41) is -0.0359. The third-order valence-corrected chi connectivity index (χ3v) is 5.46. The summed E-state index contributed by atoms with van der Waals surface area (Å²) in [5.74, 6) is 0. The molecule has 0 amide bonds. The highest BCUT2D eigenvalue weighted by atomic mass is 79.9. The first-order valence-electron chi connectivity index (χ1n) is 8.81. The number of fused-ring (bicyclic) bond motifs is 1. The number of hydrogen-bond donors (Lipinski definition) is 0. The van der Waals surface area contributed by atoms with Gasteiger partial charge >= 0.3 is 6.18 Å². The molecule has 0 saturated heterocycles. The van der Waals surface area contributed by atoms with Crippen LogP contribution in [0.25, 0.3) is 16.9 Å². The first kappa shape index (κ1) is 20.0. The molecule has 0 saturated carbocycles. The van der Waals surface area contributed by atoms with E-state index in [1.54, 1.807) is 0 Å². The summed E-state index contributed by atoms with van der Waals surface area (Å²) in [6.07, 6.45) is -3.01. The van der Waals surface area contributed by atoms with Gasteiger partial charge in [-0.25, -0.2) is 4.98 Å². The normalized spacial score (nSPS) is 11.9. The highest BCUT2D eigenvalue weighted by Gasteiger charge is 2.32. The Balaban J connectivity index is 1.98. The van der Waals surface area contributed by atoms with E-state index < -0.39 is 11.7 Å². The molecule has 0 spiro atoms. The van der Waals surface area contributed by atoms with Gasteiger partial charge in [0.2, 0.25) is 0 Å². The summed E-state index contributed by atoms with van der Waals surface area (Å²) < 4.78 is 42.5. The molecule has 29 heavy (non-hydrogen) atoms. The number of pyridine rings is 1. The maximum atomic E-state index is 13.4. The summed E-state index contributed by atoms with van der Waals surface area (Å²) in [4.78, 5) is 4.60. The van der Waals surface area contributed by atoms with Crippen LogP contribution >= 0.6 is 27.5 Å². The Kier molecular flexibility index (Phi) is 5.17. The number of imidazole rings is 1. The number of rotatable bonds is 3. The molecule has 4 rings (SSSR count). The Hall–Kier alpha value is -2.31. The Morgan fingerprint density at radius 1 is 1.07 bits per heavy atom. The topological polar surface area (TPSA) is 17.3 Å². The molecule has 0 aliphatic carbocycles. The van der Waals surface area contributed by atoms with E-state index in [-0.39, 0.29) is 5.02 Å². The predicted octanol–water partition coefficient (Wildman–Crippen LogP) is 7.34. The van der Waals surface area contributed by atoms with Crippen LogP contribution in [0, 0.1) is 6.92 Å². The van der Waals surface area contributed by atoms with Crippen molar-refractivity contribution in [3.05, 3.63) is 92.7 Å². The minimum absolute atomic E-state index is 0.0359. The van der Waals surface area contributed by atoms with Crippen LogP contribution in [0.15, 0.2) is 65.3 Å². The molecule has 2 nitrogen and oxygen atoms in total. The highest BCUT2D eigenvalue weighted by molar-refractivity contribution is 9.10. The van der Waals surface area contributed by atoms with Crippen molar-refractivity contribution in [2.24, 2.45) is 0 Å². The number of aryl methyl sites for hydroxylation is 1. The molecule has 0 aliphatic rings. The van der Waals surface area contributed by atoms with E-state index in [4.69, 9.17) is 11.6 Å². The number of halogens is 5. The summed E-state index contributed by atoms with van der Waals surface area (Å²) in [7, 11) is 0. The monoisotopic (exact) mass is 478 g/mol. The maximum absolute atomic E-state index is 13.4. The second kappa shape index (κ2) is 7.50. The molecule has 0 N–H and O–H groups in total. The van der Waals surface area contributed by atoms with Gasteiger partial charge in [-0.15, -0.1) is 0 Å². The third kappa shape index (κ3) is 4.05. The van der Waals surface area contributed by atoms with Crippen LogP contribution in [0.1, 0.15) is 22.4 Å². The molecule has 2 heterocycles. The van der Waals surface area contributed by atoms with E-state index in [2.05, 4.69) is 20.9 Å². The molecule has 148 valence electrons. The minimum Gasteiger partial charge on any atom is -0.301 e. The fourth-order valence-electron chi connectivity index (χ4n) is 3.24. The van der Waals surface area contributed by atoms with Crippen molar-refractivity contribution < 1.29 is 13.2 Å². The van der Waals surface area contributed by atoms with Crippen molar-refractivity contribution in [3.8, 4) is 11.3 Å². The number of nitrogens with zero attached hydrogens (tertiary/aromatic N) is 2. The van der Waals surface area contributed by atoms with Crippen LogP contribution < -0.4 is 0 Å². The van der Waals surface area contributed by atoms with E-state index in [0.29, 0.717) is 23.5 Å². The van der Waals surface area contributed by atoms with E-state index in [0.717, 1.165) is 33.4 Å². The number of hydrogen-bond acceptors (Lipinski definition) is 1. The molecule has 0 bridgehead atoms. The van der Waals surface area contributed by atoms with Gasteiger partial charge in [0, 0.05) is 22.7 Å². The van der Waals surface area contributed by atoms with Crippen molar-refractivity contribution in [2.75, 3.05) is 0 Å². The molecule has 0 aliphatic heterocycles. The van der Waals surface area contributed by atoms with Gasteiger partial charge in [0.25, 0.3) is 0 Å². The summed E-state index contributed by atoms with van der Waals surface area (Å²) >= 11 is 9.65.